The predicted octanol–water partition coefficient (Wildman–Crippen LogP) is 3.33. The monoisotopic (exact) mass is 343 g/mol. The van der Waals surface area contributed by atoms with Crippen molar-refractivity contribution in [3.63, 3.8) is 0 Å². The molecule has 5 nitrogen and oxygen atoms in total. The zero-order chi connectivity index (χ0) is 17.6. The Kier molecular flexibility index (Phi) is 3.78. The van der Waals surface area contributed by atoms with Gasteiger partial charge in [-0.25, -0.2) is 9.37 Å². The third-order valence-corrected chi connectivity index (χ3v) is 5.46. The van der Waals surface area contributed by atoms with E-state index >= 15 is 0 Å². The van der Waals surface area contributed by atoms with Gasteiger partial charge in [0.15, 0.2) is 12.1 Å². The number of halogens is 1. The van der Waals surface area contributed by atoms with E-state index in [4.69, 9.17) is 4.42 Å². The number of anilines is 1. The summed E-state index contributed by atoms with van der Waals surface area (Å²) in [5.74, 6) is 0.0764. The van der Waals surface area contributed by atoms with Crippen LogP contribution in [0.3, 0.4) is 0 Å². The summed E-state index contributed by atoms with van der Waals surface area (Å²) >= 11 is 0. The zero-order valence-electron chi connectivity index (χ0n) is 14.5. The second-order valence-electron chi connectivity index (χ2n) is 7.61. The molecule has 0 bridgehead atoms. The van der Waals surface area contributed by atoms with Gasteiger partial charge in [-0.05, 0) is 50.8 Å². The van der Waals surface area contributed by atoms with Crippen molar-refractivity contribution in [2.45, 2.75) is 38.3 Å². The standard InChI is InChI=1S/C19H22FN3O2/c1-19(2)9-13-10-22(18(24)16-11-25-12-21-16)7-6-17(13)23(19)15-5-3-4-14(20)8-15/h3-5,8,11-13,17H,6-7,9-10H2,1-2H3/t13-,17+/m1/s1. The first-order chi connectivity index (χ1) is 12.0. The Balaban J connectivity index is 1.57. The first-order valence-corrected chi connectivity index (χ1v) is 8.68. The smallest absolute Gasteiger partial charge is 0.275 e. The van der Waals surface area contributed by atoms with Crippen LogP contribution >= 0.6 is 0 Å². The minimum atomic E-state index is -0.213. The number of amides is 1. The van der Waals surface area contributed by atoms with Crippen molar-refractivity contribution in [1.29, 1.82) is 0 Å². The van der Waals surface area contributed by atoms with Gasteiger partial charge in [0, 0.05) is 30.4 Å². The number of hydrogen-bond acceptors (Lipinski definition) is 4. The van der Waals surface area contributed by atoms with Crippen LogP contribution < -0.4 is 4.90 Å². The lowest BCUT2D eigenvalue weighted by Gasteiger charge is -2.41. The Morgan fingerprint density at radius 3 is 2.96 bits per heavy atom. The molecule has 2 saturated heterocycles. The van der Waals surface area contributed by atoms with Gasteiger partial charge in [0.2, 0.25) is 0 Å². The summed E-state index contributed by atoms with van der Waals surface area (Å²) in [4.78, 5) is 20.7. The molecule has 0 spiro atoms. The molecule has 2 fully saturated rings. The van der Waals surface area contributed by atoms with Gasteiger partial charge in [0.1, 0.15) is 12.1 Å². The van der Waals surface area contributed by atoms with Crippen LogP contribution in [0.4, 0.5) is 10.1 Å². The average molecular weight is 343 g/mol. The van der Waals surface area contributed by atoms with E-state index in [1.54, 1.807) is 12.1 Å². The average Bonchev–Trinajstić information content (AvgIpc) is 3.17. The Hall–Kier alpha value is -2.37. The maximum Gasteiger partial charge on any atom is 0.275 e. The molecule has 1 aromatic carbocycles. The SMILES string of the molecule is CC1(C)C[C@@H]2CN(C(=O)c3cocn3)CC[C@@H]2N1c1cccc(F)c1. The van der Waals surface area contributed by atoms with Gasteiger partial charge in [-0.2, -0.15) is 0 Å². The van der Waals surface area contributed by atoms with Crippen LogP contribution in [0.1, 0.15) is 37.2 Å². The topological polar surface area (TPSA) is 49.6 Å². The van der Waals surface area contributed by atoms with Gasteiger partial charge in [-0.1, -0.05) is 6.07 Å². The third-order valence-electron chi connectivity index (χ3n) is 5.46. The lowest BCUT2D eigenvalue weighted by molar-refractivity contribution is 0.0661. The van der Waals surface area contributed by atoms with Crippen molar-refractivity contribution in [2.75, 3.05) is 18.0 Å². The molecule has 4 rings (SSSR count). The second kappa shape index (κ2) is 5.86. The molecule has 0 N–H and O–H groups in total. The van der Waals surface area contributed by atoms with E-state index in [-0.39, 0.29) is 17.3 Å². The molecule has 2 aliphatic heterocycles. The Morgan fingerprint density at radius 1 is 1.40 bits per heavy atom. The molecule has 0 saturated carbocycles. The summed E-state index contributed by atoms with van der Waals surface area (Å²) < 4.78 is 18.7. The number of oxazole rings is 1. The molecule has 1 amide bonds. The highest BCUT2D eigenvalue weighted by atomic mass is 19.1. The summed E-state index contributed by atoms with van der Waals surface area (Å²) in [6, 6.07) is 7.13. The van der Waals surface area contributed by atoms with E-state index in [9.17, 15) is 9.18 Å². The number of benzene rings is 1. The number of hydrogen-bond donors (Lipinski definition) is 0. The molecule has 3 heterocycles. The number of piperidine rings is 1. The third kappa shape index (κ3) is 2.79. The van der Waals surface area contributed by atoms with E-state index in [1.807, 2.05) is 11.0 Å². The van der Waals surface area contributed by atoms with Gasteiger partial charge in [-0.3, -0.25) is 4.79 Å². The molecule has 1 aromatic heterocycles. The summed E-state index contributed by atoms with van der Waals surface area (Å²) in [6.07, 6.45) is 4.52. The number of likely N-dealkylation sites (tertiary alicyclic amines) is 1. The number of fused-ring (bicyclic) bond motifs is 1. The quantitative estimate of drug-likeness (QED) is 0.839. The maximum atomic E-state index is 13.7. The highest BCUT2D eigenvalue weighted by Crippen LogP contribution is 2.44. The summed E-state index contributed by atoms with van der Waals surface area (Å²) in [7, 11) is 0. The van der Waals surface area contributed by atoms with Crippen LogP contribution in [0, 0.1) is 11.7 Å². The van der Waals surface area contributed by atoms with E-state index in [0.29, 0.717) is 30.7 Å². The lowest BCUT2D eigenvalue weighted by atomic mass is 9.89. The van der Waals surface area contributed by atoms with Gasteiger partial charge >= 0.3 is 0 Å². The predicted molar refractivity (Wildman–Crippen MR) is 91.9 cm³/mol. The number of rotatable bonds is 2. The number of carbonyl (C=O) groups excluding carboxylic acids is 1. The van der Waals surface area contributed by atoms with E-state index in [2.05, 4.69) is 23.7 Å². The number of carbonyl (C=O) groups is 1. The first-order valence-electron chi connectivity index (χ1n) is 8.68. The second-order valence-corrected chi connectivity index (χ2v) is 7.61. The number of aromatic nitrogens is 1. The molecular formula is C19H22FN3O2. The van der Waals surface area contributed by atoms with Crippen molar-refractivity contribution < 1.29 is 13.6 Å². The minimum Gasteiger partial charge on any atom is -0.451 e. The van der Waals surface area contributed by atoms with Crippen molar-refractivity contribution in [3.8, 4) is 0 Å². The van der Waals surface area contributed by atoms with Crippen LogP contribution in [0.15, 0.2) is 41.3 Å². The summed E-state index contributed by atoms with van der Waals surface area (Å²) in [6.45, 7) is 5.76. The summed E-state index contributed by atoms with van der Waals surface area (Å²) in [5.41, 5.74) is 1.21. The Bertz CT molecular complexity index is 775. The molecular weight excluding hydrogens is 321 g/mol. The first kappa shape index (κ1) is 16.1. The molecule has 2 aromatic rings. The van der Waals surface area contributed by atoms with Crippen molar-refractivity contribution in [2.24, 2.45) is 5.92 Å². The molecule has 2 atom stereocenters. The fourth-order valence-corrected chi connectivity index (χ4v) is 4.58. The van der Waals surface area contributed by atoms with E-state index in [0.717, 1.165) is 18.5 Å². The lowest BCUT2D eigenvalue weighted by Crippen LogP contribution is -2.50. The molecule has 2 aliphatic rings. The largest absolute Gasteiger partial charge is 0.451 e. The van der Waals surface area contributed by atoms with Crippen LogP contribution in [0.5, 0.6) is 0 Å². The molecule has 25 heavy (non-hydrogen) atoms. The van der Waals surface area contributed by atoms with Gasteiger partial charge in [0.05, 0.1) is 0 Å². The summed E-state index contributed by atoms with van der Waals surface area (Å²) in [5, 5.41) is 0. The van der Waals surface area contributed by atoms with Gasteiger partial charge in [-0.15, -0.1) is 0 Å². The van der Waals surface area contributed by atoms with Crippen LogP contribution in [0.2, 0.25) is 0 Å². The fraction of sp³-hybridized carbons (Fsp3) is 0.474. The van der Waals surface area contributed by atoms with Crippen molar-refractivity contribution in [3.05, 3.63) is 48.4 Å². The number of nitrogens with zero attached hydrogens (tertiary/aromatic N) is 3. The van der Waals surface area contributed by atoms with E-state index < -0.39 is 0 Å². The van der Waals surface area contributed by atoms with Gasteiger partial charge in [0.25, 0.3) is 5.91 Å². The molecule has 6 heteroatoms. The molecule has 0 radical (unpaired) electrons. The van der Waals surface area contributed by atoms with Crippen LogP contribution in [-0.4, -0.2) is 40.5 Å². The molecule has 0 aliphatic carbocycles. The minimum absolute atomic E-state index is 0.0733. The molecule has 0 unspecified atom stereocenters. The van der Waals surface area contributed by atoms with Gasteiger partial charge < -0.3 is 14.2 Å². The Morgan fingerprint density at radius 2 is 2.24 bits per heavy atom. The molecule has 132 valence electrons. The fourth-order valence-electron chi connectivity index (χ4n) is 4.58. The highest BCUT2D eigenvalue weighted by molar-refractivity contribution is 5.92. The maximum absolute atomic E-state index is 13.7. The van der Waals surface area contributed by atoms with Crippen molar-refractivity contribution >= 4 is 11.6 Å². The highest BCUT2D eigenvalue weighted by Gasteiger charge is 2.48. The van der Waals surface area contributed by atoms with E-state index in [1.165, 1.54) is 18.7 Å². The van der Waals surface area contributed by atoms with Crippen LogP contribution in [0.25, 0.3) is 0 Å². The van der Waals surface area contributed by atoms with Crippen molar-refractivity contribution in [1.82, 2.24) is 9.88 Å². The normalized spacial score (nSPS) is 25.1. The zero-order valence-corrected chi connectivity index (χ0v) is 14.5. The Labute approximate surface area is 146 Å². The van der Waals surface area contributed by atoms with Crippen LogP contribution in [-0.2, 0) is 0 Å².